The SMILES string of the molecule is C=CC[NH+](Cc1nc2sc3c(c2c(=O)[nH]1)CCC3)Cc1ccc(Cl)s1. The van der Waals surface area contributed by atoms with Crippen molar-refractivity contribution in [1.82, 2.24) is 9.97 Å². The van der Waals surface area contributed by atoms with Crippen molar-refractivity contribution in [2.24, 2.45) is 0 Å². The summed E-state index contributed by atoms with van der Waals surface area (Å²) in [5.74, 6) is 0.747. The van der Waals surface area contributed by atoms with Gasteiger partial charge in [-0.05, 0) is 43.0 Å². The van der Waals surface area contributed by atoms with Gasteiger partial charge in [0.15, 0.2) is 5.82 Å². The normalized spacial score (nSPS) is 14.8. The van der Waals surface area contributed by atoms with Crippen LogP contribution in [0.25, 0.3) is 10.2 Å². The van der Waals surface area contributed by atoms with E-state index in [1.54, 1.807) is 22.7 Å². The van der Waals surface area contributed by atoms with Gasteiger partial charge in [0.1, 0.15) is 17.9 Å². The van der Waals surface area contributed by atoms with E-state index in [9.17, 15) is 4.79 Å². The fourth-order valence-electron chi connectivity index (χ4n) is 3.47. The maximum absolute atomic E-state index is 12.6. The van der Waals surface area contributed by atoms with Crippen LogP contribution in [0.5, 0.6) is 0 Å². The van der Waals surface area contributed by atoms with Gasteiger partial charge in [0.2, 0.25) is 0 Å². The molecule has 4 rings (SSSR count). The first-order chi connectivity index (χ1) is 12.1. The number of hydrogen-bond acceptors (Lipinski definition) is 4. The van der Waals surface area contributed by atoms with Crippen LogP contribution in [0.2, 0.25) is 4.34 Å². The van der Waals surface area contributed by atoms with E-state index in [2.05, 4.69) is 17.6 Å². The zero-order chi connectivity index (χ0) is 17.4. The van der Waals surface area contributed by atoms with Crippen molar-refractivity contribution < 1.29 is 4.90 Å². The molecule has 1 unspecified atom stereocenters. The number of H-pyrrole nitrogens is 1. The van der Waals surface area contributed by atoms with Gasteiger partial charge in [0.25, 0.3) is 5.56 Å². The van der Waals surface area contributed by atoms with Crippen LogP contribution in [0.3, 0.4) is 0 Å². The monoisotopic (exact) mass is 392 g/mol. The molecule has 3 aromatic heterocycles. The number of quaternary nitrogens is 1. The highest BCUT2D eigenvalue weighted by atomic mass is 35.5. The lowest BCUT2D eigenvalue weighted by molar-refractivity contribution is -0.922. The summed E-state index contributed by atoms with van der Waals surface area (Å²) < 4.78 is 0.800. The second-order valence-electron chi connectivity index (χ2n) is 6.35. The lowest BCUT2D eigenvalue weighted by Gasteiger charge is -2.16. The quantitative estimate of drug-likeness (QED) is 0.633. The minimum Gasteiger partial charge on any atom is -0.321 e. The van der Waals surface area contributed by atoms with E-state index in [4.69, 9.17) is 16.6 Å². The highest BCUT2D eigenvalue weighted by Gasteiger charge is 2.22. The summed E-state index contributed by atoms with van der Waals surface area (Å²) in [5, 5.41) is 0.816. The lowest BCUT2D eigenvalue weighted by Crippen LogP contribution is -3.09. The fraction of sp³-hybridized carbons (Fsp3) is 0.333. The van der Waals surface area contributed by atoms with E-state index in [0.29, 0.717) is 6.54 Å². The van der Waals surface area contributed by atoms with E-state index in [1.807, 2.05) is 12.1 Å². The van der Waals surface area contributed by atoms with Crippen LogP contribution in [0.15, 0.2) is 29.6 Å². The molecule has 4 nitrogen and oxygen atoms in total. The van der Waals surface area contributed by atoms with Crippen LogP contribution >= 0.6 is 34.3 Å². The number of aromatic amines is 1. The largest absolute Gasteiger partial charge is 0.321 e. The van der Waals surface area contributed by atoms with E-state index >= 15 is 0 Å². The molecule has 25 heavy (non-hydrogen) atoms. The fourth-order valence-corrected chi connectivity index (χ4v) is 5.91. The maximum Gasteiger partial charge on any atom is 0.260 e. The van der Waals surface area contributed by atoms with Crippen LogP contribution in [0, 0.1) is 0 Å². The van der Waals surface area contributed by atoms with Crippen molar-refractivity contribution in [2.45, 2.75) is 32.4 Å². The Morgan fingerprint density at radius 1 is 1.32 bits per heavy atom. The van der Waals surface area contributed by atoms with Crippen molar-refractivity contribution in [2.75, 3.05) is 6.54 Å². The van der Waals surface area contributed by atoms with Gasteiger partial charge in [-0.25, -0.2) is 4.98 Å². The average molecular weight is 393 g/mol. The average Bonchev–Trinajstić information content (AvgIpc) is 3.23. The number of halogens is 1. The van der Waals surface area contributed by atoms with E-state index in [1.165, 1.54) is 20.2 Å². The Bertz CT molecular complexity index is 988. The maximum atomic E-state index is 12.6. The molecular weight excluding hydrogens is 374 g/mol. The first kappa shape index (κ1) is 17.0. The molecule has 0 radical (unpaired) electrons. The molecular formula is C18H19ClN3OS2+. The van der Waals surface area contributed by atoms with E-state index in [-0.39, 0.29) is 5.56 Å². The molecule has 1 atom stereocenters. The van der Waals surface area contributed by atoms with E-state index < -0.39 is 0 Å². The lowest BCUT2D eigenvalue weighted by atomic mass is 10.2. The van der Waals surface area contributed by atoms with Gasteiger partial charge in [-0.15, -0.1) is 22.7 Å². The molecule has 0 aliphatic heterocycles. The predicted molar refractivity (Wildman–Crippen MR) is 105 cm³/mol. The minimum atomic E-state index is 0.0107. The van der Waals surface area contributed by atoms with Crippen molar-refractivity contribution in [3.63, 3.8) is 0 Å². The second kappa shape index (κ2) is 7.03. The van der Waals surface area contributed by atoms with Gasteiger partial charge >= 0.3 is 0 Å². The standard InChI is InChI=1S/C18H18ClN3OS2/c1-2-8-22(9-11-6-7-14(19)24-11)10-15-20-17(23)16-12-4-3-5-13(12)25-18(16)21-15/h2,6-7H,1,3-5,8-10H2,(H,20,21,23)/p+1. The molecule has 0 fully saturated rings. The highest BCUT2D eigenvalue weighted by molar-refractivity contribution is 7.18. The number of aryl methyl sites for hydroxylation is 2. The van der Waals surface area contributed by atoms with Crippen molar-refractivity contribution in [3.05, 3.63) is 60.6 Å². The van der Waals surface area contributed by atoms with Gasteiger partial charge in [0.05, 0.1) is 21.1 Å². The van der Waals surface area contributed by atoms with Gasteiger partial charge in [-0.3, -0.25) is 4.79 Å². The van der Waals surface area contributed by atoms with Gasteiger partial charge in [-0.2, -0.15) is 0 Å². The molecule has 1 aliphatic rings. The first-order valence-electron chi connectivity index (χ1n) is 8.36. The summed E-state index contributed by atoms with van der Waals surface area (Å²) in [4.78, 5) is 25.1. The highest BCUT2D eigenvalue weighted by Crippen LogP contribution is 2.34. The molecule has 0 amide bonds. The van der Waals surface area contributed by atoms with Gasteiger partial charge < -0.3 is 9.88 Å². The van der Waals surface area contributed by atoms with Crippen LogP contribution in [-0.2, 0) is 25.9 Å². The Hall–Kier alpha value is -1.47. The van der Waals surface area contributed by atoms with E-state index in [0.717, 1.165) is 52.7 Å². The van der Waals surface area contributed by atoms with Crippen molar-refractivity contribution in [1.29, 1.82) is 0 Å². The molecule has 1 aliphatic carbocycles. The molecule has 0 saturated heterocycles. The molecule has 2 N–H and O–H groups in total. The number of nitrogens with one attached hydrogen (secondary N) is 2. The number of thiophene rings is 2. The summed E-state index contributed by atoms with van der Waals surface area (Å²) in [7, 11) is 0. The summed E-state index contributed by atoms with van der Waals surface area (Å²) in [5.41, 5.74) is 1.24. The van der Waals surface area contributed by atoms with Crippen molar-refractivity contribution in [3.8, 4) is 0 Å². The smallest absolute Gasteiger partial charge is 0.260 e. The van der Waals surface area contributed by atoms with Gasteiger partial charge in [0, 0.05) is 4.88 Å². The topological polar surface area (TPSA) is 50.2 Å². The number of fused-ring (bicyclic) bond motifs is 3. The summed E-state index contributed by atoms with van der Waals surface area (Å²) in [6.45, 7) is 6.16. The van der Waals surface area contributed by atoms with Crippen LogP contribution in [-0.4, -0.2) is 16.5 Å². The summed E-state index contributed by atoms with van der Waals surface area (Å²) in [6, 6.07) is 3.98. The molecule has 0 spiro atoms. The number of rotatable bonds is 6. The Kier molecular flexibility index (Phi) is 4.78. The Labute approximate surface area is 158 Å². The first-order valence-corrected chi connectivity index (χ1v) is 10.4. The molecule has 0 aromatic carbocycles. The zero-order valence-electron chi connectivity index (χ0n) is 13.7. The molecule has 3 heterocycles. The number of hydrogen-bond donors (Lipinski definition) is 2. The zero-order valence-corrected chi connectivity index (χ0v) is 16.1. The minimum absolute atomic E-state index is 0.0107. The third-order valence-electron chi connectivity index (χ3n) is 4.53. The Morgan fingerprint density at radius 3 is 2.96 bits per heavy atom. The van der Waals surface area contributed by atoms with Crippen LogP contribution < -0.4 is 10.5 Å². The third kappa shape index (κ3) is 3.44. The van der Waals surface area contributed by atoms with Crippen molar-refractivity contribution >= 4 is 44.5 Å². The molecule has 0 bridgehead atoms. The summed E-state index contributed by atoms with van der Waals surface area (Å²) >= 11 is 9.31. The molecule has 130 valence electrons. The number of nitrogens with zero attached hydrogens (tertiary/aromatic N) is 1. The molecule has 0 saturated carbocycles. The predicted octanol–water partition coefficient (Wildman–Crippen LogP) is 2.96. The van der Waals surface area contributed by atoms with Gasteiger partial charge in [-0.1, -0.05) is 18.2 Å². The Balaban J connectivity index is 1.61. The Morgan fingerprint density at radius 2 is 2.20 bits per heavy atom. The molecule has 7 heteroatoms. The third-order valence-corrected chi connectivity index (χ3v) is 6.94. The number of aromatic nitrogens is 2. The molecule has 3 aromatic rings. The second-order valence-corrected chi connectivity index (χ2v) is 9.24. The van der Waals surface area contributed by atoms with Crippen LogP contribution in [0.1, 0.15) is 27.6 Å². The van der Waals surface area contributed by atoms with Crippen LogP contribution in [0.4, 0.5) is 0 Å². The summed E-state index contributed by atoms with van der Waals surface area (Å²) in [6.07, 6.45) is 5.14.